The first-order valence-electron chi connectivity index (χ1n) is 4.00. The first kappa shape index (κ1) is 8.65. The van der Waals surface area contributed by atoms with Crippen molar-refractivity contribution in [2.45, 2.75) is 13.5 Å². The van der Waals surface area contributed by atoms with Crippen LogP contribution in [0.3, 0.4) is 0 Å². The SMILES string of the molecule is CCn1cc(-c2csc(=S)[nH]2)cn1. The molecule has 0 fully saturated rings. The Balaban J connectivity index is 2.40. The monoisotopic (exact) mass is 211 g/mol. The lowest BCUT2D eigenvalue weighted by atomic mass is 10.3. The summed E-state index contributed by atoms with van der Waals surface area (Å²) in [6.45, 7) is 2.96. The molecule has 2 aromatic heterocycles. The Bertz CT molecular complexity index is 452. The first-order valence-corrected chi connectivity index (χ1v) is 5.29. The highest BCUT2D eigenvalue weighted by molar-refractivity contribution is 7.73. The molecule has 2 rings (SSSR count). The van der Waals surface area contributed by atoms with Gasteiger partial charge >= 0.3 is 0 Å². The molecule has 1 N–H and O–H groups in total. The van der Waals surface area contributed by atoms with Crippen LogP contribution in [0.25, 0.3) is 11.3 Å². The molecular formula is C8H9N3S2. The van der Waals surface area contributed by atoms with Gasteiger partial charge in [-0.25, -0.2) is 0 Å². The van der Waals surface area contributed by atoms with Crippen molar-refractivity contribution >= 4 is 23.6 Å². The molecule has 0 spiro atoms. The third-order valence-corrected chi connectivity index (χ3v) is 2.85. The molecule has 3 nitrogen and oxygen atoms in total. The summed E-state index contributed by atoms with van der Waals surface area (Å²) < 4.78 is 2.70. The predicted molar refractivity (Wildman–Crippen MR) is 56.4 cm³/mol. The molecule has 13 heavy (non-hydrogen) atoms. The fraction of sp³-hybridized carbons (Fsp3) is 0.250. The van der Waals surface area contributed by atoms with E-state index in [1.54, 1.807) is 0 Å². The van der Waals surface area contributed by atoms with E-state index in [0.717, 1.165) is 21.8 Å². The summed E-state index contributed by atoms with van der Waals surface area (Å²) in [7, 11) is 0. The van der Waals surface area contributed by atoms with Crippen molar-refractivity contribution in [3.8, 4) is 11.3 Å². The lowest BCUT2D eigenvalue weighted by Gasteiger charge is -1.90. The van der Waals surface area contributed by atoms with Crippen molar-refractivity contribution in [3.05, 3.63) is 21.7 Å². The number of aromatic nitrogens is 3. The zero-order chi connectivity index (χ0) is 9.26. The van der Waals surface area contributed by atoms with Gasteiger partial charge in [-0.3, -0.25) is 4.68 Å². The Kier molecular flexibility index (Phi) is 2.28. The summed E-state index contributed by atoms with van der Waals surface area (Å²) in [4.78, 5) is 3.11. The predicted octanol–water partition coefficient (Wildman–Crippen LogP) is 2.69. The van der Waals surface area contributed by atoms with Gasteiger partial charge in [0, 0.05) is 23.7 Å². The molecule has 0 bridgehead atoms. The van der Waals surface area contributed by atoms with Crippen LogP contribution in [0.15, 0.2) is 17.8 Å². The molecule has 0 atom stereocenters. The minimum Gasteiger partial charge on any atom is -0.337 e. The van der Waals surface area contributed by atoms with Gasteiger partial charge < -0.3 is 4.98 Å². The molecular weight excluding hydrogens is 202 g/mol. The second-order valence-corrected chi connectivity index (χ2v) is 4.19. The third kappa shape index (κ3) is 1.71. The number of aromatic amines is 1. The number of hydrogen-bond donors (Lipinski definition) is 1. The molecule has 0 radical (unpaired) electrons. The summed E-state index contributed by atoms with van der Waals surface area (Å²) in [6, 6.07) is 0. The average Bonchev–Trinajstić information content (AvgIpc) is 2.71. The molecule has 0 aliphatic heterocycles. The zero-order valence-electron chi connectivity index (χ0n) is 7.15. The first-order chi connectivity index (χ1) is 6.29. The summed E-state index contributed by atoms with van der Waals surface area (Å²) in [5.74, 6) is 0. The van der Waals surface area contributed by atoms with Crippen molar-refractivity contribution in [1.82, 2.24) is 14.8 Å². The number of rotatable bonds is 2. The fourth-order valence-corrected chi connectivity index (χ4v) is 1.94. The number of hydrogen-bond acceptors (Lipinski definition) is 3. The van der Waals surface area contributed by atoms with Crippen LogP contribution in [-0.4, -0.2) is 14.8 Å². The van der Waals surface area contributed by atoms with E-state index in [1.807, 2.05) is 22.5 Å². The molecule has 0 unspecified atom stereocenters. The summed E-state index contributed by atoms with van der Waals surface area (Å²) in [6.07, 6.45) is 3.85. The van der Waals surface area contributed by atoms with E-state index in [1.165, 1.54) is 11.3 Å². The number of nitrogens with zero attached hydrogens (tertiary/aromatic N) is 2. The highest BCUT2D eigenvalue weighted by Gasteiger charge is 2.01. The van der Waals surface area contributed by atoms with E-state index in [9.17, 15) is 0 Å². The number of thiazole rings is 1. The Morgan fingerprint density at radius 1 is 1.69 bits per heavy atom. The summed E-state index contributed by atoms with van der Waals surface area (Å²) in [5.41, 5.74) is 2.14. The molecule has 0 aliphatic carbocycles. The lowest BCUT2D eigenvalue weighted by molar-refractivity contribution is 0.660. The van der Waals surface area contributed by atoms with Crippen molar-refractivity contribution in [1.29, 1.82) is 0 Å². The minimum absolute atomic E-state index is 0.805. The number of aryl methyl sites for hydroxylation is 1. The lowest BCUT2D eigenvalue weighted by Crippen LogP contribution is -1.91. The van der Waals surface area contributed by atoms with Crippen molar-refractivity contribution < 1.29 is 0 Å². The molecule has 0 aromatic carbocycles. The topological polar surface area (TPSA) is 33.6 Å². The van der Waals surface area contributed by atoms with Gasteiger partial charge in [0.2, 0.25) is 0 Å². The van der Waals surface area contributed by atoms with Crippen LogP contribution in [-0.2, 0) is 6.54 Å². The van der Waals surface area contributed by atoms with Crippen LogP contribution in [0.2, 0.25) is 0 Å². The Morgan fingerprint density at radius 3 is 3.08 bits per heavy atom. The molecule has 0 amide bonds. The van der Waals surface area contributed by atoms with Gasteiger partial charge in [0.25, 0.3) is 0 Å². The van der Waals surface area contributed by atoms with Crippen LogP contribution in [0, 0.1) is 3.95 Å². The second-order valence-electron chi connectivity index (χ2n) is 2.65. The van der Waals surface area contributed by atoms with Gasteiger partial charge in [0.1, 0.15) is 0 Å². The molecule has 68 valence electrons. The minimum atomic E-state index is 0.805. The molecule has 0 saturated carbocycles. The molecule has 2 aromatic rings. The molecule has 0 aliphatic rings. The molecule has 0 saturated heterocycles. The number of H-pyrrole nitrogens is 1. The maximum atomic E-state index is 5.00. The largest absolute Gasteiger partial charge is 0.337 e. The van der Waals surface area contributed by atoms with E-state index in [2.05, 4.69) is 17.0 Å². The van der Waals surface area contributed by atoms with E-state index in [4.69, 9.17) is 12.2 Å². The Hall–Kier alpha value is -0.940. The van der Waals surface area contributed by atoms with Gasteiger partial charge in [-0.1, -0.05) is 0 Å². The van der Waals surface area contributed by atoms with Gasteiger partial charge in [-0.05, 0) is 19.1 Å². The van der Waals surface area contributed by atoms with Crippen LogP contribution in [0.1, 0.15) is 6.92 Å². The van der Waals surface area contributed by atoms with E-state index >= 15 is 0 Å². The quantitative estimate of drug-likeness (QED) is 0.775. The van der Waals surface area contributed by atoms with Gasteiger partial charge in [0.15, 0.2) is 3.95 Å². The standard InChI is InChI=1S/C8H9N3S2/c1-2-11-4-6(3-9-11)7-5-13-8(12)10-7/h3-5H,2H2,1H3,(H,10,12). The van der Waals surface area contributed by atoms with Crippen molar-refractivity contribution in [3.63, 3.8) is 0 Å². The highest BCUT2D eigenvalue weighted by atomic mass is 32.1. The van der Waals surface area contributed by atoms with Crippen LogP contribution < -0.4 is 0 Å². The fourth-order valence-electron chi connectivity index (χ4n) is 1.10. The third-order valence-electron chi connectivity index (χ3n) is 1.79. The normalized spacial score (nSPS) is 10.5. The molecule has 5 heteroatoms. The van der Waals surface area contributed by atoms with Crippen LogP contribution >= 0.6 is 23.6 Å². The van der Waals surface area contributed by atoms with Crippen LogP contribution in [0.4, 0.5) is 0 Å². The van der Waals surface area contributed by atoms with E-state index in [-0.39, 0.29) is 0 Å². The Morgan fingerprint density at radius 2 is 2.54 bits per heavy atom. The maximum absolute atomic E-state index is 5.00. The van der Waals surface area contributed by atoms with Gasteiger partial charge in [0.05, 0.1) is 11.9 Å². The Labute approximate surface area is 85.0 Å². The van der Waals surface area contributed by atoms with Gasteiger partial charge in [-0.15, -0.1) is 11.3 Å². The summed E-state index contributed by atoms with van der Waals surface area (Å²) in [5, 5.41) is 6.20. The highest BCUT2D eigenvalue weighted by Crippen LogP contribution is 2.18. The molecule has 2 heterocycles. The second kappa shape index (κ2) is 3.43. The van der Waals surface area contributed by atoms with Crippen LogP contribution in [0.5, 0.6) is 0 Å². The number of nitrogens with one attached hydrogen (secondary N) is 1. The zero-order valence-corrected chi connectivity index (χ0v) is 8.78. The summed E-state index contributed by atoms with van der Waals surface area (Å²) >= 11 is 6.54. The van der Waals surface area contributed by atoms with Crippen molar-refractivity contribution in [2.75, 3.05) is 0 Å². The van der Waals surface area contributed by atoms with Crippen molar-refractivity contribution in [2.24, 2.45) is 0 Å². The average molecular weight is 211 g/mol. The van der Waals surface area contributed by atoms with E-state index < -0.39 is 0 Å². The smallest absolute Gasteiger partial charge is 0.158 e. The van der Waals surface area contributed by atoms with Gasteiger partial charge in [-0.2, -0.15) is 5.10 Å². The van der Waals surface area contributed by atoms with E-state index in [0.29, 0.717) is 0 Å². The maximum Gasteiger partial charge on any atom is 0.158 e.